The Balaban J connectivity index is 1.51. The average molecular weight is 379 g/mol. The zero-order valence-corrected chi connectivity index (χ0v) is 16.8. The Kier molecular flexibility index (Phi) is 7.20. The zero-order valence-electron chi connectivity index (χ0n) is 16.8. The molecule has 28 heavy (non-hydrogen) atoms. The molecule has 1 fully saturated rings. The molecular formula is C23H30N4O. The molecule has 0 spiro atoms. The Bertz CT molecular complexity index is 782. The van der Waals surface area contributed by atoms with E-state index in [1.807, 2.05) is 25.3 Å². The highest BCUT2D eigenvalue weighted by atomic mass is 16.1. The van der Waals surface area contributed by atoms with Crippen LogP contribution < -0.4 is 10.2 Å². The van der Waals surface area contributed by atoms with E-state index in [-0.39, 0.29) is 11.9 Å². The number of carbonyl (C=O) groups is 1. The molecule has 1 N–H and O–H groups in total. The lowest BCUT2D eigenvalue weighted by atomic mass is 10.2. The standard InChI is InChI=1S/C23H30N4O/c1-3-19(2)25-23(28)21-16-22(18-24-17-21)27-14-12-26(13-15-27)11-7-10-20-8-5-4-6-9-20/h4-10,16-19H,3,11-15H2,1-2H3,(H,25,28)/b10-7+. The van der Waals surface area contributed by atoms with Gasteiger partial charge in [0.1, 0.15) is 0 Å². The van der Waals surface area contributed by atoms with Crippen molar-refractivity contribution in [2.24, 2.45) is 0 Å². The van der Waals surface area contributed by atoms with Crippen molar-refractivity contribution < 1.29 is 4.79 Å². The van der Waals surface area contributed by atoms with Crippen LogP contribution in [0, 0.1) is 0 Å². The number of hydrogen-bond acceptors (Lipinski definition) is 4. The maximum atomic E-state index is 12.4. The molecule has 3 rings (SSSR count). The average Bonchev–Trinajstić information content (AvgIpc) is 2.75. The summed E-state index contributed by atoms with van der Waals surface area (Å²) in [6.07, 6.45) is 8.82. The van der Waals surface area contributed by atoms with E-state index < -0.39 is 0 Å². The van der Waals surface area contributed by atoms with E-state index in [1.54, 1.807) is 6.20 Å². The molecule has 0 aliphatic carbocycles. The third-order valence-corrected chi connectivity index (χ3v) is 5.19. The van der Waals surface area contributed by atoms with Crippen molar-refractivity contribution >= 4 is 17.7 Å². The Labute approximate surface area is 168 Å². The second kappa shape index (κ2) is 10.0. The minimum Gasteiger partial charge on any atom is -0.368 e. The van der Waals surface area contributed by atoms with Gasteiger partial charge in [-0.3, -0.25) is 14.7 Å². The predicted octanol–water partition coefficient (Wildman–Crippen LogP) is 3.45. The fourth-order valence-electron chi connectivity index (χ4n) is 3.22. The predicted molar refractivity (Wildman–Crippen MR) is 116 cm³/mol. The molecule has 1 unspecified atom stereocenters. The number of carbonyl (C=O) groups excluding carboxylic acids is 1. The molecule has 5 nitrogen and oxygen atoms in total. The molecule has 5 heteroatoms. The van der Waals surface area contributed by atoms with Crippen molar-refractivity contribution in [3.63, 3.8) is 0 Å². The fourth-order valence-corrected chi connectivity index (χ4v) is 3.22. The van der Waals surface area contributed by atoms with Crippen LogP contribution in [0.1, 0.15) is 36.2 Å². The summed E-state index contributed by atoms with van der Waals surface area (Å²) in [5.41, 5.74) is 2.89. The van der Waals surface area contributed by atoms with Gasteiger partial charge < -0.3 is 10.2 Å². The highest BCUT2D eigenvalue weighted by Gasteiger charge is 2.18. The van der Waals surface area contributed by atoms with E-state index in [0.29, 0.717) is 5.56 Å². The van der Waals surface area contributed by atoms with Crippen LogP contribution in [0.3, 0.4) is 0 Å². The quantitative estimate of drug-likeness (QED) is 0.802. The Morgan fingerprint density at radius 2 is 1.93 bits per heavy atom. The molecule has 0 radical (unpaired) electrons. The molecule has 1 aliphatic heterocycles. The van der Waals surface area contributed by atoms with Gasteiger partial charge in [0.15, 0.2) is 0 Å². The summed E-state index contributed by atoms with van der Waals surface area (Å²) >= 11 is 0. The molecule has 148 valence electrons. The van der Waals surface area contributed by atoms with Gasteiger partial charge in [0.25, 0.3) is 5.91 Å². The topological polar surface area (TPSA) is 48.5 Å². The van der Waals surface area contributed by atoms with E-state index in [0.717, 1.165) is 44.8 Å². The van der Waals surface area contributed by atoms with Gasteiger partial charge >= 0.3 is 0 Å². The summed E-state index contributed by atoms with van der Waals surface area (Å²) in [6.45, 7) is 8.92. The highest BCUT2D eigenvalue weighted by Crippen LogP contribution is 2.17. The van der Waals surface area contributed by atoms with Crippen LogP contribution in [0.2, 0.25) is 0 Å². The first-order chi connectivity index (χ1) is 13.7. The molecule has 1 aliphatic rings. The van der Waals surface area contributed by atoms with Crippen molar-refractivity contribution in [2.45, 2.75) is 26.3 Å². The molecule has 1 atom stereocenters. The van der Waals surface area contributed by atoms with Crippen LogP contribution in [0.4, 0.5) is 5.69 Å². The molecule has 0 bridgehead atoms. The normalized spacial score (nSPS) is 16.3. The second-order valence-electron chi connectivity index (χ2n) is 7.32. The van der Waals surface area contributed by atoms with Crippen molar-refractivity contribution in [1.29, 1.82) is 0 Å². The van der Waals surface area contributed by atoms with Crippen LogP contribution in [0.25, 0.3) is 6.08 Å². The lowest BCUT2D eigenvalue weighted by Gasteiger charge is -2.35. The molecule has 1 amide bonds. The van der Waals surface area contributed by atoms with Crippen molar-refractivity contribution in [3.05, 3.63) is 66.0 Å². The summed E-state index contributed by atoms with van der Waals surface area (Å²) in [4.78, 5) is 21.4. The van der Waals surface area contributed by atoms with Crippen molar-refractivity contribution in [3.8, 4) is 0 Å². The van der Waals surface area contributed by atoms with E-state index in [2.05, 4.69) is 63.4 Å². The monoisotopic (exact) mass is 378 g/mol. The number of hydrogen-bond donors (Lipinski definition) is 1. The number of nitrogens with zero attached hydrogens (tertiary/aromatic N) is 3. The van der Waals surface area contributed by atoms with Crippen LogP contribution >= 0.6 is 0 Å². The molecule has 1 saturated heterocycles. The third kappa shape index (κ3) is 5.67. The van der Waals surface area contributed by atoms with E-state index in [9.17, 15) is 4.79 Å². The zero-order chi connectivity index (χ0) is 19.8. The van der Waals surface area contributed by atoms with Gasteiger partial charge in [-0.05, 0) is 25.0 Å². The van der Waals surface area contributed by atoms with E-state index >= 15 is 0 Å². The van der Waals surface area contributed by atoms with Gasteiger partial charge in [-0.25, -0.2) is 0 Å². The number of amides is 1. The lowest BCUT2D eigenvalue weighted by molar-refractivity contribution is 0.0939. The Morgan fingerprint density at radius 3 is 2.64 bits per heavy atom. The number of benzene rings is 1. The Morgan fingerprint density at radius 1 is 1.18 bits per heavy atom. The van der Waals surface area contributed by atoms with Gasteiger partial charge in [-0.1, -0.05) is 49.4 Å². The van der Waals surface area contributed by atoms with Crippen LogP contribution in [0.5, 0.6) is 0 Å². The maximum Gasteiger partial charge on any atom is 0.253 e. The number of aromatic nitrogens is 1. The molecule has 0 saturated carbocycles. The SMILES string of the molecule is CCC(C)NC(=O)c1cncc(N2CCN(C/C=C/c3ccccc3)CC2)c1. The minimum absolute atomic E-state index is 0.0478. The first kappa shape index (κ1) is 20.1. The Hall–Kier alpha value is -2.66. The van der Waals surface area contributed by atoms with Gasteiger partial charge in [-0.2, -0.15) is 0 Å². The summed E-state index contributed by atoms with van der Waals surface area (Å²) in [6, 6.07) is 12.5. The summed E-state index contributed by atoms with van der Waals surface area (Å²) in [7, 11) is 0. The van der Waals surface area contributed by atoms with Crippen LogP contribution in [0.15, 0.2) is 54.9 Å². The first-order valence-electron chi connectivity index (χ1n) is 10.1. The molecule has 2 heterocycles. The summed E-state index contributed by atoms with van der Waals surface area (Å²) in [5, 5.41) is 3.01. The van der Waals surface area contributed by atoms with Crippen LogP contribution in [-0.2, 0) is 0 Å². The van der Waals surface area contributed by atoms with Crippen LogP contribution in [-0.4, -0.2) is 54.6 Å². The van der Waals surface area contributed by atoms with Crippen molar-refractivity contribution in [2.75, 3.05) is 37.6 Å². The summed E-state index contributed by atoms with van der Waals surface area (Å²) < 4.78 is 0. The molecular weight excluding hydrogens is 348 g/mol. The van der Waals surface area contributed by atoms with Gasteiger partial charge in [-0.15, -0.1) is 0 Å². The lowest BCUT2D eigenvalue weighted by Crippen LogP contribution is -2.46. The maximum absolute atomic E-state index is 12.4. The fraction of sp³-hybridized carbons (Fsp3) is 0.391. The molecule has 1 aromatic heterocycles. The van der Waals surface area contributed by atoms with E-state index in [1.165, 1.54) is 5.56 Å². The number of piperazine rings is 1. The largest absolute Gasteiger partial charge is 0.368 e. The van der Waals surface area contributed by atoms with Crippen molar-refractivity contribution in [1.82, 2.24) is 15.2 Å². The molecule has 2 aromatic rings. The first-order valence-corrected chi connectivity index (χ1v) is 10.1. The highest BCUT2D eigenvalue weighted by molar-refractivity contribution is 5.94. The smallest absolute Gasteiger partial charge is 0.253 e. The third-order valence-electron chi connectivity index (χ3n) is 5.19. The number of rotatable bonds is 7. The minimum atomic E-state index is -0.0478. The van der Waals surface area contributed by atoms with Gasteiger partial charge in [0.05, 0.1) is 17.4 Å². The second-order valence-corrected chi connectivity index (χ2v) is 7.32. The molecule has 1 aromatic carbocycles. The number of anilines is 1. The number of nitrogens with one attached hydrogen (secondary N) is 1. The van der Waals surface area contributed by atoms with Gasteiger partial charge in [0.2, 0.25) is 0 Å². The van der Waals surface area contributed by atoms with E-state index in [4.69, 9.17) is 0 Å². The van der Waals surface area contributed by atoms with Gasteiger partial charge in [0, 0.05) is 45.0 Å². The summed E-state index contributed by atoms with van der Waals surface area (Å²) in [5.74, 6) is -0.0478. The number of pyridine rings is 1.